The minimum atomic E-state index is -1.25. The molecule has 0 aliphatic carbocycles. The number of nitrogens with zero attached hydrogens (tertiary/aromatic N) is 2. The standard InChI is InChI=1S/C19H17N3O5/c20-17-14(19(25)26)8-13-16(24)12-7-11(1-2-15(12)27-18(13)21-17)10-3-5-22(9-23)6-4-10/h1-2,7-10H,3-6H2,(H2,20,21)(H,25,26). The number of fused-ring (bicyclic) bond motifs is 2. The second-order valence-electron chi connectivity index (χ2n) is 6.68. The molecule has 4 rings (SSSR count). The number of amides is 1. The van der Waals surface area contributed by atoms with Gasteiger partial charge in [-0.2, -0.15) is 4.98 Å². The molecule has 8 heteroatoms. The third kappa shape index (κ3) is 2.88. The summed E-state index contributed by atoms with van der Waals surface area (Å²) in [6, 6.07) is 6.63. The van der Waals surface area contributed by atoms with Crippen molar-refractivity contribution < 1.29 is 19.1 Å². The molecule has 3 heterocycles. The first-order valence-electron chi connectivity index (χ1n) is 8.57. The van der Waals surface area contributed by atoms with Gasteiger partial charge in [-0.3, -0.25) is 9.59 Å². The number of aromatic nitrogens is 1. The molecule has 3 N–H and O–H groups in total. The quantitative estimate of drug-likeness (QED) is 0.535. The molecule has 0 radical (unpaired) electrons. The summed E-state index contributed by atoms with van der Waals surface area (Å²) in [5.74, 6) is -1.20. The Morgan fingerprint density at radius 3 is 2.67 bits per heavy atom. The van der Waals surface area contributed by atoms with Crippen LogP contribution in [0.4, 0.5) is 5.82 Å². The largest absolute Gasteiger partial charge is 0.478 e. The van der Waals surface area contributed by atoms with Gasteiger partial charge >= 0.3 is 5.97 Å². The highest BCUT2D eigenvalue weighted by Gasteiger charge is 2.21. The Morgan fingerprint density at radius 1 is 1.26 bits per heavy atom. The summed E-state index contributed by atoms with van der Waals surface area (Å²) in [6.07, 6.45) is 2.50. The maximum atomic E-state index is 12.9. The van der Waals surface area contributed by atoms with Gasteiger partial charge in [-0.25, -0.2) is 4.79 Å². The first-order chi connectivity index (χ1) is 13.0. The van der Waals surface area contributed by atoms with Crippen LogP contribution in [0.5, 0.6) is 0 Å². The van der Waals surface area contributed by atoms with Crippen LogP contribution in [0.25, 0.3) is 22.1 Å². The van der Waals surface area contributed by atoms with E-state index in [0.717, 1.165) is 24.8 Å². The van der Waals surface area contributed by atoms with Crippen molar-refractivity contribution >= 4 is 40.3 Å². The average molecular weight is 367 g/mol. The van der Waals surface area contributed by atoms with Gasteiger partial charge in [0, 0.05) is 13.1 Å². The molecule has 2 aromatic heterocycles. The molecule has 1 aliphatic rings. The van der Waals surface area contributed by atoms with Crippen LogP contribution in [-0.4, -0.2) is 40.5 Å². The van der Waals surface area contributed by atoms with Crippen molar-refractivity contribution in [2.75, 3.05) is 18.8 Å². The highest BCUT2D eigenvalue weighted by atomic mass is 16.4. The SMILES string of the molecule is Nc1nc2oc3ccc(C4CCN(C=O)CC4)cc3c(=O)c2cc1C(=O)O. The van der Waals surface area contributed by atoms with Crippen molar-refractivity contribution in [3.63, 3.8) is 0 Å². The number of hydrogen-bond donors (Lipinski definition) is 2. The molecule has 8 nitrogen and oxygen atoms in total. The molecule has 3 aromatic rings. The molecule has 1 fully saturated rings. The maximum Gasteiger partial charge on any atom is 0.339 e. The number of carbonyl (C=O) groups is 2. The maximum absolute atomic E-state index is 12.9. The first kappa shape index (κ1) is 17.0. The monoisotopic (exact) mass is 367 g/mol. The predicted molar refractivity (Wildman–Crippen MR) is 98.8 cm³/mol. The van der Waals surface area contributed by atoms with E-state index in [1.54, 1.807) is 17.0 Å². The molecule has 27 heavy (non-hydrogen) atoms. The highest BCUT2D eigenvalue weighted by Crippen LogP contribution is 2.30. The van der Waals surface area contributed by atoms with E-state index in [0.29, 0.717) is 24.1 Å². The van der Waals surface area contributed by atoms with Gasteiger partial charge < -0.3 is 20.2 Å². The van der Waals surface area contributed by atoms with Gasteiger partial charge in [0.25, 0.3) is 0 Å². The van der Waals surface area contributed by atoms with Gasteiger partial charge in [0.1, 0.15) is 17.0 Å². The second kappa shape index (κ2) is 6.39. The van der Waals surface area contributed by atoms with Crippen LogP contribution >= 0.6 is 0 Å². The van der Waals surface area contributed by atoms with Gasteiger partial charge in [-0.05, 0) is 42.5 Å². The van der Waals surface area contributed by atoms with Crippen LogP contribution in [-0.2, 0) is 4.79 Å². The van der Waals surface area contributed by atoms with Crippen molar-refractivity contribution in [2.24, 2.45) is 0 Å². The molecule has 1 aromatic carbocycles. The number of rotatable bonds is 3. The molecule has 0 atom stereocenters. The van der Waals surface area contributed by atoms with Crippen molar-refractivity contribution in [1.29, 1.82) is 0 Å². The lowest BCUT2D eigenvalue weighted by Gasteiger charge is -2.29. The molecule has 138 valence electrons. The molecule has 1 amide bonds. The molecule has 0 spiro atoms. The molecule has 0 saturated carbocycles. The summed E-state index contributed by atoms with van der Waals surface area (Å²) in [5, 5.41) is 9.66. The molecule has 0 bridgehead atoms. The molecular weight excluding hydrogens is 350 g/mol. The highest BCUT2D eigenvalue weighted by molar-refractivity contribution is 5.98. The number of carboxylic acids is 1. The van der Waals surface area contributed by atoms with Crippen molar-refractivity contribution in [1.82, 2.24) is 9.88 Å². The minimum absolute atomic E-state index is 0.0158. The normalized spacial score (nSPS) is 15.3. The van der Waals surface area contributed by atoms with Gasteiger partial charge in [0.2, 0.25) is 17.6 Å². The Kier molecular flexibility index (Phi) is 4.02. The van der Waals surface area contributed by atoms with Crippen LogP contribution in [0.2, 0.25) is 0 Å². The molecule has 1 aliphatic heterocycles. The summed E-state index contributed by atoms with van der Waals surface area (Å²) in [7, 11) is 0. The average Bonchev–Trinajstić information content (AvgIpc) is 2.67. The first-order valence-corrected chi connectivity index (χ1v) is 8.57. The number of likely N-dealkylation sites (tertiary alicyclic amines) is 1. The number of nitrogens with two attached hydrogens (primary N) is 1. The van der Waals surface area contributed by atoms with Crippen molar-refractivity contribution in [2.45, 2.75) is 18.8 Å². The topological polar surface area (TPSA) is 127 Å². The van der Waals surface area contributed by atoms with E-state index < -0.39 is 5.97 Å². The van der Waals surface area contributed by atoms with Crippen molar-refractivity contribution in [3.8, 4) is 0 Å². The number of carboxylic acid groups (broad SMARTS) is 1. The predicted octanol–water partition coefficient (Wildman–Crippen LogP) is 1.96. The fourth-order valence-corrected chi connectivity index (χ4v) is 3.58. The third-order valence-corrected chi connectivity index (χ3v) is 5.10. The molecule has 1 saturated heterocycles. The van der Waals surface area contributed by atoms with Gasteiger partial charge in [0.15, 0.2) is 0 Å². The smallest absolute Gasteiger partial charge is 0.339 e. The number of carbonyl (C=O) groups excluding carboxylic acids is 1. The zero-order valence-corrected chi connectivity index (χ0v) is 14.3. The van der Waals surface area contributed by atoms with Gasteiger partial charge in [-0.15, -0.1) is 0 Å². The third-order valence-electron chi connectivity index (χ3n) is 5.10. The number of piperidine rings is 1. The van der Waals surface area contributed by atoms with Crippen LogP contribution in [0.15, 0.2) is 33.5 Å². The summed E-state index contributed by atoms with van der Waals surface area (Å²) in [5.41, 5.74) is 6.46. The molecule has 0 unspecified atom stereocenters. The minimum Gasteiger partial charge on any atom is -0.478 e. The Hall–Kier alpha value is -3.42. The van der Waals surface area contributed by atoms with E-state index in [-0.39, 0.29) is 33.8 Å². The number of pyridine rings is 1. The van der Waals surface area contributed by atoms with E-state index in [9.17, 15) is 19.5 Å². The number of nitrogen functional groups attached to an aromatic ring is 1. The van der Waals surface area contributed by atoms with E-state index in [4.69, 9.17) is 10.2 Å². The number of benzene rings is 1. The Bertz CT molecular complexity index is 1130. The lowest BCUT2D eigenvalue weighted by atomic mass is 9.89. The fourth-order valence-electron chi connectivity index (χ4n) is 3.58. The number of hydrogen-bond acceptors (Lipinski definition) is 6. The Labute approximate surface area is 153 Å². The van der Waals surface area contributed by atoms with E-state index >= 15 is 0 Å². The zero-order valence-electron chi connectivity index (χ0n) is 14.3. The summed E-state index contributed by atoms with van der Waals surface area (Å²) >= 11 is 0. The van der Waals surface area contributed by atoms with Crippen LogP contribution in [0.1, 0.15) is 34.7 Å². The number of aromatic carboxylic acids is 1. The van der Waals surface area contributed by atoms with Crippen LogP contribution < -0.4 is 11.2 Å². The van der Waals surface area contributed by atoms with E-state index in [2.05, 4.69) is 4.98 Å². The lowest BCUT2D eigenvalue weighted by molar-refractivity contribution is -0.119. The van der Waals surface area contributed by atoms with E-state index in [1.165, 1.54) is 6.07 Å². The van der Waals surface area contributed by atoms with E-state index in [1.807, 2.05) is 6.07 Å². The van der Waals surface area contributed by atoms with Crippen LogP contribution in [0, 0.1) is 0 Å². The van der Waals surface area contributed by atoms with Gasteiger partial charge in [-0.1, -0.05) is 6.07 Å². The van der Waals surface area contributed by atoms with Crippen molar-refractivity contribution in [3.05, 3.63) is 45.6 Å². The lowest BCUT2D eigenvalue weighted by Crippen LogP contribution is -2.31. The Morgan fingerprint density at radius 2 is 2.00 bits per heavy atom. The Balaban J connectivity index is 1.83. The number of anilines is 1. The molecular formula is C19H17N3O5. The fraction of sp³-hybridized carbons (Fsp3) is 0.263. The van der Waals surface area contributed by atoms with Gasteiger partial charge in [0.05, 0.1) is 10.8 Å². The second-order valence-corrected chi connectivity index (χ2v) is 6.68. The zero-order chi connectivity index (χ0) is 19.1. The summed E-state index contributed by atoms with van der Waals surface area (Å²) in [4.78, 5) is 40.7. The summed E-state index contributed by atoms with van der Waals surface area (Å²) < 4.78 is 5.68. The van der Waals surface area contributed by atoms with Crippen LogP contribution in [0.3, 0.4) is 0 Å². The summed E-state index contributed by atoms with van der Waals surface area (Å²) in [6.45, 7) is 1.37.